The second kappa shape index (κ2) is 5.69. The Morgan fingerprint density at radius 2 is 2.39 bits per heavy atom. The first-order valence-corrected chi connectivity index (χ1v) is 8.57. The zero-order valence-electron chi connectivity index (χ0n) is 10.6. The number of hydrogen-bond acceptors (Lipinski definition) is 4. The van der Waals surface area contributed by atoms with Crippen LogP contribution < -0.4 is 4.72 Å². The van der Waals surface area contributed by atoms with Crippen molar-refractivity contribution in [2.45, 2.75) is 37.5 Å². The topological polar surface area (TPSA) is 55.4 Å². The zero-order chi connectivity index (χ0) is 13.2. The van der Waals surface area contributed by atoms with Gasteiger partial charge in [-0.05, 0) is 24.8 Å². The van der Waals surface area contributed by atoms with Crippen LogP contribution in [0.15, 0.2) is 17.5 Å². The minimum absolute atomic E-state index is 0.206. The summed E-state index contributed by atoms with van der Waals surface area (Å²) in [6.45, 7) is 4.84. The van der Waals surface area contributed by atoms with Gasteiger partial charge in [0.1, 0.15) is 5.25 Å². The van der Waals surface area contributed by atoms with Crippen LogP contribution in [0.3, 0.4) is 0 Å². The molecule has 1 saturated heterocycles. The van der Waals surface area contributed by atoms with Gasteiger partial charge in [-0.3, -0.25) is 0 Å². The third-order valence-electron chi connectivity index (χ3n) is 3.32. The van der Waals surface area contributed by atoms with E-state index in [9.17, 15) is 8.42 Å². The number of thiophene rings is 1. The summed E-state index contributed by atoms with van der Waals surface area (Å²) in [6.07, 6.45) is 0.378. The Hall–Kier alpha value is -0.430. The molecule has 6 heteroatoms. The van der Waals surface area contributed by atoms with Crippen LogP contribution in [-0.2, 0) is 14.8 Å². The average molecular weight is 289 g/mol. The molecule has 0 amide bonds. The Balaban J connectivity index is 1.93. The van der Waals surface area contributed by atoms with Crippen LogP contribution in [0.2, 0.25) is 0 Å². The first-order valence-electron chi connectivity index (χ1n) is 6.14. The number of rotatable bonds is 5. The Labute approximate surface area is 112 Å². The van der Waals surface area contributed by atoms with Gasteiger partial charge in [-0.2, -0.15) is 0 Å². The molecule has 1 aromatic rings. The van der Waals surface area contributed by atoms with Gasteiger partial charge in [0.15, 0.2) is 0 Å². The van der Waals surface area contributed by atoms with Gasteiger partial charge in [-0.1, -0.05) is 13.0 Å². The Kier molecular flexibility index (Phi) is 4.42. The highest BCUT2D eigenvalue weighted by atomic mass is 32.2. The minimum Gasteiger partial charge on any atom is -0.377 e. The van der Waals surface area contributed by atoms with E-state index in [1.165, 1.54) is 4.88 Å². The molecule has 3 atom stereocenters. The van der Waals surface area contributed by atoms with Gasteiger partial charge in [0.25, 0.3) is 0 Å². The van der Waals surface area contributed by atoms with E-state index in [2.05, 4.69) is 4.72 Å². The summed E-state index contributed by atoms with van der Waals surface area (Å²) in [5.41, 5.74) is 0. The van der Waals surface area contributed by atoms with Crippen molar-refractivity contribution < 1.29 is 13.2 Å². The number of hydrogen-bond donors (Lipinski definition) is 1. The van der Waals surface area contributed by atoms with Crippen LogP contribution in [0.25, 0.3) is 0 Å². The van der Waals surface area contributed by atoms with E-state index in [-0.39, 0.29) is 12.0 Å². The van der Waals surface area contributed by atoms with E-state index < -0.39 is 15.3 Å². The normalized spacial score (nSPS) is 26.3. The monoisotopic (exact) mass is 289 g/mol. The molecular weight excluding hydrogens is 270 g/mol. The highest BCUT2D eigenvalue weighted by Gasteiger charge is 2.35. The van der Waals surface area contributed by atoms with Gasteiger partial charge in [0, 0.05) is 23.9 Å². The van der Waals surface area contributed by atoms with Crippen molar-refractivity contribution in [2.75, 3.05) is 13.2 Å². The van der Waals surface area contributed by atoms with Crippen molar-refractivity contribution in [3.63, 3.8) is 0 Å². The average Bonchev–Trinajstić information content (AvgIpc) is 2.96. The fourth-order valence-corrected chi connectivity index (χ4v) is 4.61. The lowest BCUT2D eigenvalue weighted by Gasteiger charge is -2.17. The number of nitrogens with one attached hydrogen (secondary N) is 1. The maximum atomic E-state index is 12.1. The molecular formula is C12H19NO3S2. The van der Waals surface area contributed by atoms with E-state index in [1.54, 1.807) is 11.3 Å². The van der Waals surface area contributed by atoms with Crippen LogP contribution in [0.4, 0.5) is 0 Å². The zero-order valence-corrected chi connectivity index (χ0v) is 12.3. The van der Waals surface area contributed by atoms with Gasteiger partial charge in [-0.25, -0.2) is 13.1 Å². The largest absolute Gasteiger partial charge is 0.377 e. The second-order valence-electron chi connectivity index (χ2n) is 4.71. The van der Waals surface area contributed by atoms with Crippen LogP contribution in [0.5, 0.6) is 0 Å². The summed E-state index contributed by atoms with van der Waals surface area (Å²) >= 11 is 1.65. The highest BCUT2D eigenvalue weighted by molar-refractivity contribution is 7.90. The fourth-order valence-electron chi connectivity index (χ4n) is 2.14. The van der Waals surface area contributed by atoms with Crippen molar-refractivity contribution in [3.05, 3.63) is 22.4 Å². The van der Waals surface area contributed by atoms with Crippen molar-refractivity contribution in [2.24, 2.45) is 0 Å². The maximum absolute atomic E-state index is 12.1. The fraction of sp³-hybridized carbons (Fsp3) is 0.667. The summed E-state index contributed by atoms with van der Waals surface area (Å²) in [5.74, 6) is 0.206. The van der Waals surface area contributed by atoms with Crippen molar-refractivity contribution >= 4 is 21.4 Å². The van der Waals surface area contributed by atoms with Crippen molar-refractivity contribution in [3.8, 4) is 0 Å². The van der Waals surface area contributed by atoms with E-state index in [1.807, 2.05) is 31.4 Å². The summed E-state index contributed by atoms with van der Waals surface area (Å²) in [5, 5.41) is 1.60. The molecule has 2 rings (SSSR count). The Bertz CT molecular complexity index is 470. The molecule has 2 heterocycles. The molecule has 0 aliphatic carbocycles. The van der Waals surface area contributed by atoms with E-state index in [0.29, 0.717) is 19.6 Å². The molecule has 0 saturated carbocycles. The Morgan fingerprint density at radius 3 is 2.94 bits per heavy atom. The lowest BCUT2D eigenvalue weighted by molar-refractivity contribution is 0.126. The third-order valence-corrected chi connectivity index (χ3v) is 6.41. The van der Waals surface area contributed by atoms with Gasteiger partial charge < -0.3 is 4.74 Å². The van der Waals surface area contributed by atoms with Crippen LogP contribution in [-0.4, -0.2) is 32.9 Å². The second-order valence-corrected chi connectivity index (χ2v) is 7.68. The molecule has 1 fully saturated rings. The van der Waals surface area contributed by atoms with Crippen molar-refractivity contribution in [1.82, 2.24) is 4.72 Å². The molecule has 1 aliphatic heterocycles. The summed E-state index contributed by atoms with van der Waals surface area (Å²) in [4.78, 5) is 1.20. The smallest absolute Gasteiger partial charge is 0.217 e. The summed E-state index contributed by atoms with van der Waals surface area (Å²) in [7, 11) is -3.27. The number of ether oxygens (including phenoxy) is 1. The standard InChI is InChI=1S/C12H19NO3S2/c1-9(11-4-3-7-17-11)8-13-18(14,15)12-5-6-16-10(12)2/h3-4,7,9-10,12-13H,5-6,8H2,1-2H3/t9-,10-,12+/m1/s1. The molecule has 0 spiro atoms. The first-order chi connectivity index (χ1) is 8.50. The quantitative estimate of drug-likeness (QED) is 0.901. The predicted octanol–water partition coefficient (Wildman–Crippen LogP) is 1.95. The van der Waals surface area contributed by atoms with Crippen LogP contribution in [0, 0.1) is 0 Å². The molecule has 18 heavy (non-hydrogen) atoms. The lowest BCUT2D eigenvalue weighted by Crippen LogP contribution is -2.39. The van der Waals surface area contributed by atoms with Gasteiger partial charge in [0.05, 0.1) is 6.10 Å². The van der Waals surface area contributed by atoms with Gasteiger partial charge >= 0.3 is 0 Å². The molecule has 1 aromatic heterocycles. The maximum Gasteiger partial charge on any atom is 0.217 e. The molecule has 0 aromatic carbocycles. The molecule has 0 bridgehead atoms. The molecule has 102 valence electrons. The van der Waals surface area contributed by atoms with Gasteiger partial charge in [0.2, 0.25) is 10.0 Å². The summed E-state index contributed by atoms with van der Waals surface area (Å²) < 4.78 is 32.3. The highest BCUT2D eigenvalue weighted by Crippen LogP contribution is 2.22. The molecule has 1 aliphatic rings. The predicted molar refractivity (Wildman–Crippen MR) is 73.5 cm³/mol. The van der Waals surface area contributed by atoms with Crippen molar-refractivity contribution in [1.29, 1.82) is 0 Å². The van der Waals surface area contributed by atoms with E-state index in [4.69, 9.17) is 4.74 Å². The molecule has 0 radical (unpaired) electrons. The van der Waals surface area contributed by atoms with E-state index >= 15 is 0 Å². The third kappa shape index (κ3) is 3.12. The molecule has 0 unspecified atom stereocenters. The summed E-state index contributed by atoms with van der Waals surface area (Å²) in [6, 6.07) is 4.02. The van der Waals surface area contributed by atoms with E-state index in [0.717, 1.165) is 0 Å². The van der Waals surface area contributed by atoms with Crippen LogP contribution >= 0.6 is 11.3 Å². The number of sulfonamides is 1. The minimum atomic E-state index is -3.27. The molecule has 4 nitrogen and oxygen atoms in total. The molecule has 1 N–H and O–H groups in total. The SMILES string of the molecule is C[C@H](CNS(=O)(=O)[C@H]1CCO[C@@H]1C)c1cccs1. The van der Waals surface area contributed by atoms with Gasteiger partial charge in [-0.15, -0.1) is 11.3 Å². The first kappa shape index (κ1) is 14.0. The lowest BCUT2D eigenvalue weighted by atomic mass is 10.1. The Morgan fingerprint density at radius 1 is 1.61 bits per heavy atom. The van der Waals surface area contributed by atoms with Crippen LogP contribution in [0.1, 0.15) is 31.1 Å².